The molecule has 0 radical (unpaired) electrons. The maximum absolute atomic E-state index is 5.77. The van der Waals surface area contributed by atoms with Crippen molar-refractivity contribution in [2.24, 2.45) is 0 Å². The van der Waals surface area contributed by atoms with Crippen LogP contribution in [0, 0.1) is 0 Å². The van der Waals surface area contributed by atoms with Crippen molar-refractivity contribution >= 4 is 0 Å². The predicted octanol–water partition coefficient (Wildman–Crippen LogP) is 0.433. The molecule has 2 saturated heterocycles. The highest BCUT2D eigenvalue weighted by Crippen LogP contribution is 2.19. The van der Waals surface area contributed by atoms with Crippen LogP contribution in [0.2, 0.25) is 0 Å². The summed E-state index contributed by atoms with van der Waals surface area (Å²) in [6.45, 7) is 10.1. The van der Waals surface area contributed by atoms with Crippen molar-refractivity contribution in [1.29, 1.82) is 0 Å². The molecule has 0 bridgehead atoms. The molecule has 4 heteroatoms. The molecule has 2 atom stereocenters. The van der Waals surface area contributed by atoms with E-state index in [1.807, 2.05) is 0 Å². The maximum atomic E-state index is 5.77. The van der Waals surface area contributed by atoms with Gasteiger partial charge in [0.1, 0.15) is 5.72 Å². The van der Waals surface area contributed by atoms with E-state index in [0.29, 0.717) is 6.04 Å². The normalized spacial score (nSPS) is 38.4. The zero-order chi connectivity index (χ0) is 10.7. The van der Waals surface area contributed by atoms with Gasteiger partial charge in [-0.05, 0) is 13.8 Å². The first-order chi connectivity index (χ1) is 7.18. The lowest BCUT2D eigenvalue weighted by Crippen LogP contribution is -2.45. The molecular formula is C11H22N2O2. The van der Waals surface area contributed by atoms with Gasteiger partial charge in [0, 0.05) is 32.1 Å². The molecule has 2 heterocycles. The molecule has 2 rings (SSSR count). The van der Waals surface area contributed by atoms with Crippen molar-refractivity contribution in [2.75, 3.05) is 39.5 Å². The van der Waals surface area contributed by atoms with Gasteiger partial charge in [0.15, 0.2) is 0 Å². The first kappa shape index (κ1) is 11.3. The van der Waals surface area contributed by atoms with Crippen LogP contribution in [0.15, 0.2) is 0 Å². The van der Waals surface area contributed by atoms with Gasteiger partial charge >= 0.3 is 0 Å². The smallest absolute Gasteiger partial charge is 0.117 e. The molecule has 0 saturated carbocycles. The van der Waals surface area contributed by atoms with E-state index in [-0.39, 0.29) is 5.72 Å². The predicted molar refractivity (Wildman–Crippen MR) is 58.8 cm³/mol. The average molecular weight is 214 g/mol. The third kappa shape index (κ3) is 3.14. The van der Waals surface area contributed by atoms with Crippen molar-refractivity contribution in [3.05, 3.63) is 0 Å². The summed E-state index contributed by atoms with van der Waals surface area (Å²) in [6.07, 6.45) is 1.05. The summed E-state index contributed by atoms with van der Waals surface area (Å²) in [5.41, 5.74) is -0.113. The highest BCUT2D eigenvalue weighted by molar-refractivity contribution is 4.84. The summed E-state index contributed by atoms with van der Waals surface area (Å²) < 4.78 is 11.1. The van der Waals surface area contributed by atoms with Crippen LogP contribution in [0.25, 0.3) is 0 Å². The molecule has 2 fully saturated rings. The van der Waals surface area contributed by atoms with Gasteiger partial charge in [-0.25, -0.2) is 0 Å². The first-order valence-corrected chi connectivity index (χ1v) is 5.90. The van der Waals surface area contributed by atoms with Crippen LogP contribution in [-0.4, -0.2) is 56.1 Å². The highest BCUT2D eigenvalue weighted by atomic mass is 16.5. The third-order valence-electron chi connectivity index (χ3n) is 3.21. The highest BCUT2D eigenvalue weighted by Gasteiger charge is 2.33. The minimum atomic E-state index is -0.113. The summed E-state index contributed by atoms with van der Waals surface area (Å²) in [7, 11) is 0. The molecule has 2 unspecified atom stereocenters. The Balaban J connectivity index is 1.72. The van der Waals surface area contributed by atoms with Crippen LogP contribution in [-0.2, 0) is 9.47 Å². The summed E-state index contributed by atoms with van der Waals surface area (Å²) in [6, 6.07) is 0.486. The number of hydrogen-bond donors (Lipinski definition) is 1. The van der Waals surface area contributed by atoms with Crippen LogP contribution in [0.5, 0.6) is 0 Å². The Morgan fingerprint density at radius 1 is 1.40 bits per heavy atom. The van der Waals surface area contributed by atoms with Crippen molar-refractivity contribution in [3.63, 3.8) is 0 Å². The molecule has 0 spiro atoms. The fourth-order valence-electron chi connectivity index (χ4n) is 2.25. The van der Waals surface area contributed by atoms with Crippen LogP contribution in [0.1, 0.15) is 20.3 Å². The summed E-state index contributed by atoms with van der Waals surface area (Å²) >= 11 is 0. The van der Waals surface area contributed by atoms with Gasteiger partial charge in [-0.15, -0.1) is 0 Å². The molecule has 1 N–H and O–H groups in total. The van der Waals surface area contributed by atoms with Gasteiger partial charge in [0.2, 0.25) is 0 Å². The zero-order valence-electron chi connectivity index (χ0n) is 9.79. The maximum Gasteiger partial charge on any atom is 0.117 e. The summed E-state index contributed by atoms with van der Waals surface area (Å²) in [4.78, 5) is 2.45. The Hall–Kier alpha value is -0.160. The van der Waals surface area contributed by atoms with Crippen LogP contribution >= 0.6 is 0 Å². The Labute approximate surface area is 91.9 Å². The summed E-state index contributed by atoms with van der Waals surface area (Å²) in [5.74, 6) is 0. The second-order valence-corrected chi connectivity index (χ2v) is 4.79. The minimum Gasteiger partial charge on any atom is -0.379 e. The lowest BCUT2D eigenvalue weighted by atomic mass is 10.1. The van der Waals surface area contributed by atoms with Crippen LogP contribution < -0.4 is 5.32 Å². The number of nitrogens with one attached hydrogen (secondary N) is 1. The van der Waals surface area contributed by atoms with Crippen molar-refractivity contribution in [3.8, 4) is 0 Å². The van der Waals surface area contributed by atoms with Crippen LogP contribution in [0.3, 0.4) is 0 Å². The van der Waals surface area contributed by atoms with Crippen molar-refractivity contribution in [1.82, 2.24) is 10.2 Å². The largest absolute Gasteiger partial charge is 0.379 e. The SMILES string of the molecule is CC1COC(C)(CCN2CCOCC2)N1. The Bertz CT molecular complexity index is 207. The van der Waals surface area contributed by atoms with Gasteiger partial charge in [-0.3, -0.25) is 10.2 Å². The molecule has 15 heavy (non-hydrogen) atoms. The molecule has 0 aromatic rings. The monoisotopic (exact) mass is 214 g/mol. The van der Waals surface area contributed by atoms with Gasteiger partial charge < -0.3 is 9.47 Å². The van der Waals surface area contributed by atoms with E-state index < -0.39 is 0 Å². The Kier molecular flexibility index (Phi) is 3.61. The van der Waals surface area contributed by atoms with Crippen molar-refractivity contribution in [2.45, 2.75) is 32.0 Å². The Morgan fingerprint density at radius 2 is 2.13 bits per heavy atom. The van der Waals surface area contributed by atoms with Gasteiger partial charge in [-0.1, -0.05) is 0 Å². The lowest BCUT2D eigenvalue weighted by molar-refractivity contribution is -0.0200. The molecular weight excluding hydrogens is 192 g/mol. The molecule has 0 aromatic carbocycles. The molecule has 0 aromatic heterocycles. The molecule has 88 valence electrons. The van der Waals surface area contributed by atoms with E-state index >= 15 is 0 Å². The number of morpholine rings is 1. The van der Waals surface area contributed by atoms with Crippen LogP contribution in [0.4, 0.5) is 0 Å². The third-order valence-corrected chi connectivity index (χ3v) is 3.21. The molecule has 4 nitrogen and oxygen atoms in total. The first-order valence-electron chi connectivity index (χ1n) is 5.90. The summed E-state index contributed by atoms with van der Waals surface area (Å²) in [5, 5.41) is 3.49. The van der Waals surface area contributed by atoms with E-state index in [2.05, 4.69) is 24.1 Å². The lowest BCUT2D eigenvalue weighted by Gasteiger charge is -2.31. The van der Waals surface area contributed by atoms with E-state index in [9.17, 15) is 0 Å². The standard InChI is InChI=1S/C11H22N2O2/c1-10-9-15-11(2,12-10)3-4-13-5-7-14-8-6-13/h10,12H,3-9H2,1-2H3. The minimum absolute atomic E-state index is 0.113. The van der Waals surface area contributed by atoms with Gasteiger partial charge in [0.25, 0.3) is 0 Å². The Morgan fingerprint density at radius 3 is 2.73 bits per heavy atom. The number of hydrogen-bond acceptors (Lipinski definition) is 4. The average Bonchev–Trinajstić information content (AvgIpc) is 2.58. The van der Waals surface area contributed by atoms with E-state index in [4.69, 9.17) is 9.47 Å². The molecule has 0 aliphatic carbocycles. The van der Waals surface area contributed by atoms with Gasteiger partial charge in [0.05, 0.1) is 19.8 Å². The fraction of sp³-hybridized carbons (Fsp3) is 1.00. The fourth-order valence-corrected chi connectivity index (χ4v) is 2.25. The quantitative estimate of drug-likeness (QED) is 0.739. The number of ether oxygens (including phenoxy) is 2. The molecule has 2 aliphatic heterocycles. The zero-order valence-corrected chi connectivity index (χ0v) is 9.79. The number of nitrogens with zero attached hydrogens (tertiary/aromatic N) is 1. The topological polar surface area (TPSA) is 33.7 Å². The van der Waals surface area contributed by atoms with E-state index in [1.165, 1.54) is 0 Å². The molecule has 2 aliphatic rings. The van der Waals surface area contributed by atoms with Crippen molar-refractivity contribution < 1.29 is 9.47 Å². The second-order valence-electron chi connectivity index (χ2n) is 4.79. The van der Waals surface area contributed by atoms with Gasteiger partial charge in [-0.2, -0.15) is 0 Å². The molecule has 0 amide bonds. The van der Waals surface area contributed by atoms with E-state index in [0.717, 1.165) is 45.9 Å². The van der Waals surface area contributed by atoms with E-state index in [1.54, 1.807) is 0 Å². The number of rotatable bonds is 3. The second kappa shape index (κ2) is 4.78.